The van der Waals surface area contributed by atoms with E-state index in [1.807, 2.05) is 19.9 Å². The molecule has 0 bridgehead atoms. The fourth-order valence-electron chi connectivity index (χ4n) is 2.25. The lowest BCUT2D eigenvalue weighted by Gasteiger charge is -2.23. The van der Waals surface area contributed by atoms with E-state index in [1.54, 1.807) is 48.5 Å². The van der Waals surface area contributed by atoms with Gasteiger partial charge in [0.15, 0.2) is 0 Å². The Kier molecular flexibility index (Phi) is 6.19. The molecule has 0 spiro atoms. The van der Waals surface area contributed by atoms with E-state index >= 15 is 0 Å². The topological polar surface area (TPSA) is 91.2 Å². The first-order valence-electron chi connectivity index (χ1n) is 8.63. The number of benzene rings is 2. The average molecular weight is 365 g/mol. The Morgan fingerprint density at radius 1 is 1.00 bits per heavy atom. The van der Waals surface area contributed by atoms with E-state index in [-0.39, 0.29) is 6.10 Å². The summed E-state index contributed by atoms with van der Waals surface area (Å²) in [6.07, 6.45) is 0.0596. The molecule has 0 unspecified atom stereocenters. The number of nitrogens with zero attached hydrogens (tertiary/aromatic N) is 1. The van der Waals surface area contributed by atoms with Crippen molar-refractivity contribution in [3.63, 3.8) is 0 Å². The maximum atomic E-state index is 12.6. The fraction of sp³-hybridized carbons (Fsp3) is 0.286. The highest BCUT2D eigenvalue weighted by atomic mass is 16.5. The standard InChI is InChI=1S/C21H23N3O3/c1-14(2)27-17-11-9-16(10-12-17)23-19(25)21(3,4)20(26)24-18-8-6-5-7-15(18)13-22/h5-12,14H,1-4H3,(H,23,25)(H,24,26). The summed E-state index contributed by atoms with van der Waals surface area (Å²) in [6.45, 7) is 6.92. The van der Waals surface area contributed by atoms with Crippen LogP contribution in [0.15, 0.2) is 48.5 Å². The Morgan fingerprint density at radius 3 is 2.19 bits per heavy atom. The van der Waals surface area contributed by atoms with Gasteiger partial charge in [-0.1, -0.05) is 12.1 Å². The van der Waals surface area contributed by atoms with Crippen LogP contribution in [-0.2, 0) is 9.59 Å². The van der Waals surface area contributed by atoms with Gasteiger partial charge < -0.3 is 15.4 Å². The van der Waals surface area contributed by atoms with Crippen molar-refractivity contribution >= 4 is 23.2 Å². The summed E-state index contributed by atoms with van der Waals surface area (Å²) in [7, 11) is 0. The van der Waals surface area contributed by atoms with Crippen LogP contribution >= 0.6 is 0 Å². The van der Waals surface area contributed by atoms with Crippen LogP contribution in [0.3, 0.4) is 0 Å². The van der Waals surface area contributed by atoms with Crippen LogP contribution < -0.4 is 15.4 Å². The third-order valence-corrected chi connectivity index (χ3v) is 3.91. The number of nitriles is 1. The first-order valence-corrected chi connectivity index (χ1v) is 8.63. The van der Waals surface area contributed by atoms with Gasteiger partial charge in [-0.25, -0.2) is 0 Å². The summed E-state index contributed by atoms with van der Waals surface area (Å²) in [5, 5.41) is 14.5. The number of anilines is 2. The second kappa shape index (κ2) is 8.37. The number of carbonyl (C=O) groups excluding carboxylic acids is 2. The number of rotatable bonds is 6. The summed E-state index contributed by atoms with van der Waals surface area (Å²) in [6, 6.07) is 15.6. The number of hydrogen-bond acceptors (Lipinski definition) is 4. The molecule has 27 heavy (non-hydrogen) atoms. The highest BCUT2D eigenvalue weighted by Gasteiger charge is 2.36. The molecule has 6 heteroatoms. The lowest BCUT2D eigenvalue weighted by atomic mass is 9.90. The molecule has 0 aliphatic heterocycles. The van der Waals surface area contributed by atoms with Gasteiger partial charge in [0.25, 0.3) is 0 Å². The quantitative estimate of drug-likeness (QED) is 0.758. The lowest BCUT2D eigenvalue weighted by molar-refractivity contribution is -0.135. The minimum Gasteiger partial charge on any atom is -0.491 e. The molecule has 0 aliphatic carbocycles. The number of ether oxygens (including phenoxy) is 1. The molecule has 0 saturated heterocycles. The van der Waals surface area contributed by atoms with Gasteiger partial charge in [-0.3, -0.25) is 9.59 Å². The van der Waals surface area contributed by atoms with Crippen molar-refractivity contribution < 1.29 is 14.3 Å². The largest absolute Gasteiger partial charge is 0.491 e. The zero-order valence-electron chi connectivity index (χ0n) is 15.9. The number of carbonyl (C=O) groups is 2. The van der Waals surface area contributed by atoms with E-state index in [9.17, 15) is 9.59 Å². The Morgan fingerprint density at radius 2 is 1.59 bits per heavy atom. The Labute approximate surface area is 159 Å². The van der Waals surface area contributed by atoms with Gasteiger partial charge in [0.1, 0.15) is 17.2 Å². The van der Waals surface area contributed by atoms with Crippen molar-refractivity contribution in [3.8, 4) is 11.8 Å². The van der Waals surface area contributed by atoms with E-state index < -0.39 is 17.2 Å². The van der Waals surface area contributed by atoms with Crippen LogP contribution in [-0.4, -0.2) is 17.9 Å². The summed E-state index contributed by atoms with van der Waals surface area (Å²) >= 11 is 0. The number of nitrogens with one attached hydrogen (secondary N) is 2. The number of hydrogen-bond donors (Lipinski definition) is 2. The molecule has 0 heterocycles. The summed E-state index contributed by atoms with van der Waals surface area (Å²) in [5.41, 5.74) is -0.0615. The SMILES string of the molecule is CC(C)Oc1ccc(NC(=O)C(C)(C)C(=O)Nc2ccccc2C#N)cc1. The predicted molar refractivity (Wildman–Crippen MR) is 104 cm³/mol. The van der Waals surface area contributed by atoms with Crippen molar-refractivity contribution in [3.05, 3.63) is 54.1 Å². The highest BCUT2D eigenvalue weighted by molar-refractivity contribution is 6.14. The minimum absolute atomic E-state index is 0.0596. The molecule has 6 nitrogen and oxygen atoms in total. The molecular formula is C21H23N3O3. The molecule has 0 aliphatic rings. The molecule has 2 aromatic carbocycles. The van der Waals surface area contributed by atoms with Crippen molar-refractivity contribution in [1.29, 1.82) is 5.26 Å². The fourth-order valence-corrected chi connectivity index (χ4v) is 2.25. The van der Waals surface area contributed by atoms with Gasteiger partial charge in [0.05, 0.1) is 17.4 Å². The first-order chi connectivity index (χ1) is 12.7. The molecule has 2 N–H and O–H groups in total. The molecule has 2 rings (SSSR count). The molecule has 2 aromatic rings. The Hall–Kier alpha value is -3.33. The van der Waals surface area contributed by atoms with Crippen molar-refractivity contribution in [2.24, 2.45) is 5.41 Å². The molecular weight excluding hydrogens is 342 g/mol. The molecule has 0 aromatic heterocycles. The summed E-state index contributed by atoms with van der Waals surface area (Å²) in [5.74, 6) is -0.248. The normalized spacial score (nSPS) is 10.8. The van der Waals surface area contributed by atoms with E-state index in [0.717, 1.165) is 0 Å². The predicted octanol–water partition coefficient (Wildman–Crippen LogP) is 3.95. The van der Waals surface area contributed by atoms with E-state index in [0.29, 0.717) is 22.7 Å². The first kappa shape index (κ1) is 20.0. The maximum absolute atomic E-state index is 12.6. The van der Waals surface area contributed by atoms with Crippen molar-refractivity contribution in [2.45, 2.75) is 33.8 Å². The Bertz CT molecular complexity index is 865. The molecule has 0 fully saturated rings. The molecule has 0 atom stereocenters. The maximum Gasteiger partial charge on any atom is 0.239 e. The van der Waals surface area contributed by atoms with Gasteiger partial charge >= 0.3 is 0 Å². The number of para-hydroxylation sites is 1. The van der Waals surface area contributed by atoms with Gasteiger partial charge in [0, 0.05) is 5.69 Å². The van der Waals surface area contributed by atoms with Gasteiger partial charge in [0.2, 0.25) is 11.8 Å². The van der Waals surface area contributed by atoms with Crippen molar-refractivity contribution in [1.82, 2.24) is 0 Å². The number of amides is 2. The van der Waals surface area contributed by atoms with Crippen LogP contribution in [0.25, 0.3) is 0 Å². The second-order valence-electron chi connectivity index (χ2n) is 6.88. The molecule has 2 amide bonds. The summed E-state index contributed by atoms with van der Waals surface area (Å²) < 4.78 is 5.56. The lowest BCUT2D eigenvalue weighted by Crippen LogP contribution is -2.41. The smallest absolute Gasteiger partial charge is 0.239 e. The summed E-state index contributed by atoms with van der Waals surface area (Å²) in [4.78, 5) is 25.2. The van der Waals surface area contributed by atoms with Crippen LogP contribution in [0.2, 0.25) is 0 Å². The van der Waals surface area contributed by atoms with Crippen LogP contribution in [0.5, 0.6) is 5.75 Å². The third-order valence-electron chi connectivity index (χ3n) is 3.91. The highest BCUT2D eigenvalue weighted by Crippen LogP contribution is 2.24. The zero-order chi connectivity index (χ0) is 20.0. The monoisotopic (exact) mass is 365 g/mol. The van der Waals surface area contributed by atoms with E-state index in [2.05, 4.69) is 10.6 Å². The Balaban J connectivity index is 2.07. The van der Waals surface area contributed by atoms with Crippen molar-refractivity contribution in [2.75, 3.05) is 10.6 Å². The second-order valence-corrected chi connectivity index (χ2v) is 6.88. The van der Waals surface area contributed by atoms with E-state index in [1.165, 1.54) is 13.8 Å². The van der Waals surface area contributed by atoms with Gasteiger partial charge in [-0.05, 0) is 64.1 Å². The molecule has 0 saturated carbocycles. The zero-order valence-corrected chi connectivity index (χ0v) is 15.9. The van der Waals surface area contributed by atoms with Gasteiger partial charge in [-0.15, -0.1) is 0 Å². The molecule has 0 radical (unpaired) electrons. The van der Waals surface area contributed by atoms with Gasteiger partial charge in [-0.2, -0.15) is 5.26 Å². The van der Waals surface area contributed by atoms with E-state index in [4.69, 9.17) is 10.00 Å². The van der Waals surface area contributed by atoms with Crippen LogP contribution in [0.1, 0.15) is 33.3 Å². The third kappa shape index (κ3) is 5.08. The minimum atomic E-state index is -1.34. The average Bonchev–Trinajstić information content (AvgIpc) is 2.63. The van der Waals surface area contributed by atoms with Crippen LogP contribution in [0.4, 0.5) is 11.4 Å². The molecule has 140 valence electrons. The van der Waals surface area contributed by atoms with Crippen LogP contribution in [0, 0.1) is 16.7 Å².